The van der Waals surface area contributed by atoms with E-state index in [0.29, 0.717) is 12.3 Å². The summed E-state index contributed by atoms with van der Waals surface area (Å²) >= 11 is 1.75. The minimum Gasteiger partial charge on any atom is -0.504 e. The summed E-state index contributed by atoms with van der Waals surface area (Å²) in [5, 5.41) is 15.4. The number of rotatable bonds is 5. The van der Waals surface area contributed by atoms with E-state index in [1.54, 1.807) is 24.5 Å². The van der Waals surface area contributed by atoms with E-state index in [1.807, 2.05) is 12.1 Å². The van der Waals surface area contributed by atoms with Gasteiger partial charge in [0, 0.05) is 23.5 Å². The van der Waals surface area contributed by atoms with Crippen molar-refractivity contribution in [3.63, 3.8) is 0 Å². The molecule has 0 aliphatic rings. The molecule has 0 aliphatic carbocycles. The fraction of sp³-hybridized carbons (Fsp3) is 0.286. The molecular formula is C14H17NO2S. The number of ether oxygens (including phenoxy) is 1. The average molecular weight is 263 g/mol. The van der Waals surface area contributed by atoms with Gasteiger partial charge in [-0.05, 0) is 30.0 Å². The zero-order valence-electron chi connectivity index (χ0n) is 10.6. The molecule has 0 saturated carbocycles. The van der Waals surface area contributed by atoms with Crippen molar-refractivity contribution >= 4 is 11.3 Å². The van der Waals surface area contributed by atoms with Crippen molar-refractivity contribution in [2.75, 3.05) is 7.11 Å². The van der Waals surface area contributed by atoms with Crippen LogP contribution in [-0.4, -0.2) is 12.2 Å². The number of phenols is 1. The van der Waals surface area contributed by atoms with Crippen molar-refractivity contribution in [3.05, 3.63) is 45.6 Å². The number of methoxy groups -OCH3 is 1. The lowest BCUT2D eigenvalue weighted by molar-refractivity contribution is 0.369. The molecule has 2 N–H and O–H groups in total. The van der Waals surface area contributed by atoms with Crippen molar-refractivity contribution < 1.29 is 9.84 Å². The molecule has 2 aromatic rings. The fourth-order valence-corrected chi connectivity index (χ4v) is 2.65. The molecule has 0 amide bonds. The third-order valence-electron chi connectivity index (χ3n) is 2.87. The van der Waals surface area contributed by atoms with Crippen LogP contribution in [0, 0.1) is 6.92 Å². The third-order valence-corrected chi connectivity index (χ3v) is 3.89. The van der Waals surface area contributed by atoms with Gasteiger partial charge in [0.1, 0.15) is 0 Å². The van der Waals surface area contributed by atoms with Crippen LogP contribution < -0.4 is 10.1 Å². The highest BCUT2D eigenvalue weighted by atomic mass is 32.1. The standard InChI is InChI=1S/C14H17NO2S/c1-10-6-7-18-13(10)9-15-8-11-4-3-5-12(17-2)14(11)16/h3-7,15-16H,8-9H2,1-2H3. The van der Waals surface area contributed by atoms with Gasteiger partial charge < -0.3 is 15.2 Å². The summed E-state index contributed by atoms with van der Waals surface area (Å²) in [6.07, 6.45) is 0. The van der Waals surface area contributed by atoms with E-state index in [2.05, 4.69) is 23.7 Å². The number of para-hydroxylation sites is 1. The molecule has 3 nitrogen and oxygen atoms in total. The molecule has 0 radical (unpaired) electrons. The Kier molecular flexibility index (Phi) is 4.23. The largest absolute Gasteiger partial charge is 0.504 e. The number of hydrogen-bond donors (Lipinski definition) is 2. The van der Waals surface area contributed by atoms with Crippen LogP contribution in [0.2, 0.25) is 0 Å². The summed E-state index contributed by atoms with van der Waals surface area (Å²) in [6, 6.07) is 7.64. The van der Waals surface area contributed by atoms with E-state index >= 15 is 0 Å². The lowest BCUT2D eigenvalue weighted by atomic mass is 10.2. The van der Waals surface area contributed by atoms with Crippen LogP contribution in [0.5, 0.6) is 11.5 Å². The Labute approximate surface area is 111 Å². The van der Waals surface area contributed by atoms with Crippen molar-refractivity contribution in [2.45, 2.75) is 20.0 Å². The highest BCUT2D eigenvalue weighted by Gasteiger charge is 2.07. The van der Waals surface area contributed by atoms with Gasteiger partial charge in [0.05, 0.1) is 7.11 Å². The van der Waals surface area contributed by atoms with Crippen molar-refractivity contribution in [3.8, 4) is 11.5 Å². The first-order valence-corrected chi connectivity index (χ1v) is 6.69. The zero-order valence-corrected chi connectivity index (χ0v) is 11.4. The number of thiophene rings is 1. The molecule has 4 heteroatoms. The van der Waals surface area contributed by atoms with Gasteiger partial charge in [0.15, 0.2) is 11.5 Å². The Hall–Kier alpha value is -1.52. The topological polar surface area (TPSA) is 41.5 Å². The van der Waals surface area contributed by atoms with E-state index in [9.17, 15) is 5.11 Å². The van der Waals surface area contributed by atoms with Gasteiger partial charge in [-0.15, -0.1) is 11.3 Å². The summed E-state index contributed by atoms with van der Waals surface area (Å²) < 4.78 is 5.08. The highest BCUT2D eigenvalue weighted by Crippen LogP contribution is 2.29. The summed E-state index contributed by atoms with van der Waals surface area (Å²) in [4.78, 5) is 1.33. The van der Waals surface area contributed by atoms with Crippen LogP contribution in [0.15, 0.2) is 29.6 Å². The van der Waals surface area contributed by atoms with E-state index in [4.69, 9.17) is 4.74 Å². The van der Waals surface area contributed by atoms with E-state index in [1.165, 1.54) is 10.4 Å². The number of phenolic OH excluding ortho intramolecular Hbond substituents is 1. The third kappa shape index (κ3) is 2.83. The molecule has 0 atom stereocenters. The van der Waals surface area contributed by atoms with Gasteiger partial charge >= 0.3 is 0 Å². The first-order chi connectivity index (χ1) is 8.72. The molecular weight excluding hydrogens is 246 g/mol. The van der Waals surface area contributed by atoms with Gasteiger partial charge in [-0.3, -0.25) is 0 Å². The van der Waals surface area contributed by atoms with Crippen LogP contribution in [0.3, 0.4) is 0 Å². The van der Waals surface area contributed by atoms with E-state index < -0.39 is 0 Å². The minimum absolute atomic E-state index is 0.218. The maximum atomic E-state index is 9.94. The Bertz CT molecular complexity index is 522. The molecule has 96 valence electrons. The van der Waals surface area contributed by atoms with Crippen molar-refractivity contribution in [1.29, 1.82) is 0 Å². The second-order valence-electron chi connectivity index (χ2n) is 4.10. The highest BCUT2D eigenvalue weighted by molar-refractivity contribution is 7.10. The molecule has 18 heavy (non-hydrogen) atoms. The second-order valence-corrected chi connectivity index (χ2v) is 5.10. The van der Waals surface area contributed by atoms with Crippen LogP contribution in [0.1, 0.15) is 16.0 Å². The molecule has 2 rings (SSSR count). The molecule has 1 aromatic heterocycles. The normalized spacial score (nSPS) is 10.6. The SMILES string of the molecule is COc1cccc(CNCc2sccc2C)c1O. The zero-order chi connectivity index (χ0) is 13.0. The molecule has 1 heterocycles. The summed E-state index contributed by atoms with van der Waals surface area (Å²) in [5.41, 5.74) is 2.16. The Balaban J connectivity index is 1.96. The van der Waals surface area contributed by atoms with E-state index in [-0.39, 0.29) is 5.75 Å². The Morgan fingerprint density at radius 3 is 2.78 bits per heavy atom. The lowest BCUT2D eigenvalue weighted by Gasteiger charge is -2.09. The lowest BCUT2D eigenvalue weighted by Crippen LogP contribution is -2.12. The molecule has 0 spiro atoms. The maximum Gasteiger partial charge on any atom is 0.162 e. The van der Waals surface area contributed by atoms with Gasteiger partial charge in [0.25, 0.3) is 0 Å². The monoisotopic (exact) mass is 263 g/mol. The first-order valence-electron chi connectivity index (χ1n) is 5.81. The smallest absolute Gasteiger partial charge is 0.162 e. The van der Waals surface area contributed by atoms with Crippen molar-refractivity contribution in [2.24, 2.45) is 0 Å². The maximum absolute atomic E-state index is 9.94. The molecule has 0 bridgehead atoms. The van der Waals surface area contributed by atoms with Crippen molar-refractivity contribution in [1.82, 2.24) is 5.32 Å². The van der Waals surface area contributed by atoms with Gasteiger partial charge in [-0.1, -0.05) is 12.1 Å². The van der Waals surface area contributed by atoms with Crippen LogP contribution in [0.4, 0.5) is 0 Å². The summed E-state index contributed by atoms with van der Waals surface area (Å²) in [6.45, 7) is 3.55. The molecule has 0 unspecified atom stereocenters. The molecule has 1 aromatic carbocycles. The van der Waals surface area contributed by atoms with Gasteiger partial charge in [-0.25, -0.2) is 0 Å². The van der Waals surface area contributed by atoms with Gasteiger partial charge in [0.2, 0.25) is 0 Å². The second kappa shape index (κ2) is 5.89. The summed E-state index contributed by atoms with van der Waals surface area (Å²) in [7, 11) is 1.56. The minimum atomic E-state index is 0.218. The number of benzene rings is 1. The molecule has 0 fully saturated rings. The summed E-state index contributed by atoms with van der Waals surface area (Å²) in [5.74, 6) is 0.733. The number of aryl methyl sites for hydroxylation is 1. The Morgan fingerprint density at radius 2 is 2.11 bits per heavy atom. The van der Waals surface area contributed by atoms with Crippen LogP contribution in [0.25, 0.3) is 0 Å². The number of aromatic hydroxyl groups is 1. The predicted octanol–water partition coefficient (Wildman–Crippen LogP) is 3.06. The van der Waals surface area contributed by atoms with Crippen LogP contribution >= 0.6 is 11.3 Å². The quantitative estimate of drug-likeness (QED) is 0.871. The molecule has 0 aliphatic heterocycles. The fourth-order valence-electron chi connectivity index (χ4n) is 1.77. The van der Waals surface area contributed by atoms with Gasteiger partial charge in [-0.2, -0.15) is 0 Å². The first kappa shape index (κ1) is 12.9. The van der Waals surface area contributed by atoms with Crippen LogP contribution in [-0.2, 0) is 13.1 Å². The number of hydrogen-bond acceptors (Lipinski definition) is 4. The Morgan fingerprint density at radius 1 is 1.28 bits per heavy atom. The number of nitrogens with one attached hydrogen (secondary N) is 1. The predicted molar refractivity (Wildman–Crippen MR) is 74.3 cm³/mol. The average Bonchev–Trinajstić information content (AvgIpc) is 2.77. The van der Waals surface area contributed by atoms with E-state index in [0.717, 1.165) is 12.1 Å². The molecule has 0 saturated heterocycles.